The molecule has 19 heavy (non-hydrogen) atoms. The average molecular weight is 294 g/mol. The molecule has 2 atom stereocenters. The Balaban J connectivity index is 2.17. The van der Waals surface area contributed by atoms with E-state index in [1.54, 1.807) is 0 Å². The highest BCUT2D eigenvalue weighted by atomic mass is 32.1. The van der Waals surface area contributed by atoms with Gasteiger partial charge < -0.3 is 5.73 Å². The SMILES string of the molecule is CCC(N)C(c1ccc(C)s1)N(C)Cc1cccs1. The lowest BCUT2D eigenvalue weighted by Gasteiger charge is -2.31. The van der Waals surface area contributed by atoms with E-state index in [4.69, 9.17) is 5.73 Å². The van der Waals surface area contributed by atoms with E-state index in [0.717, 1.165) is 13.0 Å². The molecule has 104 valence electrons. The molecule has 0 bridgehead atoms. The molecule has 2 heterocycles. The number of rotatable bonds is 6. The second-order valence-electron chi connectivity index (χ2n) is 4.96. The quantitative estimate of drug-likeness (QED) is 0.871. The molecule has 2 nitrogen and oxygen atoms in total. The predicted octanol–water partition coefficient (Wildman–Crippen LogP) is 4.03. The lowest BCUT2D eigenvalue weighted by molar-refractivity contribution is 0.206. The number of aryl methyl sites for hydroxylation is 1. The zero-order valence-electron chi connectivity index (χ0n) is 11.8. The lowest BCUT2D eigenvalue weighted by atomic mass is 10.0. The molecule has 0 aliphatic rings. The topological polar surface area (TPSA) is 29.3 Å². The third-order valence-electron chi connectivity index (χ3n) is 3.39. The van der Waals surface area contributed by atoms with Gasteiger partial charge in [-0.1, -0.05) is 13.0 Å². The molecule has 2 unspecified atom stereocenters. The van der Waals surface area contributed by atoms with Gasteiger partial charge >= 0.3 is 0 Å². The van der Waals surface area contributed by atoms with Crippen LogP contribution in [0.2, 0.25) is 0 Å². The Hall–Kier alpha value is -0.680. The molecule has 0 radical (unpaired) electrons. The summed E-state index contributed by atoms with van der Waals surface area (Å²) in [6.07, 6.45) is 0.996. The van der Waals surface area contributed by atoms with Crippen LogP contribution in [0.15, 0.2) is 29.6 Å². The molecule has 0 aromatic carbocycles. The fourth-order valence-corrected chi connectivity index (χ4v) is 4.22. The normalized spacial score (nSPS) is 14.8. The van der Waals surface area contributed by atoms with Gasteiger partial charge in [-0.3, -0.25) is 4.90 Å². The van der Waals surface area contributed by atoms with E-state index in [2.05, 4.69) is 55.4 Å². The van der Waals surface area contributed by atoms with Gasteiger partial charge in [0.1, 0.15) is 0 Å². The van der Waals surface area contributed by atoms with Crippen LogP contribution in [0.1, 0.15) is 34.0 Å². The molecule has 0 aliphatic carbocycles. The zero-order valence-corrected chi connectivity index (χ0v) is 13.4. The molecule has 0 saturated heterocycles. The summed E-state index contributed by atoms with van der Waals surface area (Å²) in [6, 6.07) is 9.21. The van der Waals surface area contributed by atoms with Crippen molar-refractivity contribution in [3.05, 3.63) is 44.3 Å². The molecule has 2 rings (SSSR count). The van der Waals surface area contributed by atoms with E-state index >= 15 is 0 Å². The van der Waals surface area contributed by atoms with E-state index in [-0.39, 0.29) is 6.04 Å². The fraction of sp³-hybridized carbons (Fsp3) is 0.467. The van der Waals surface area contributed by atoms with Gasteiger partial charge in [-0.05, 0) is 44.0 Å². The molecule has 0 amide bonds. The minimum absolute atomic E-state index is 0.183. The van der Waals surface area contributed by atoms with E-state index in [1.807, 2.05) is 22.7 Å². The zero-order chi connectivity index (χ0) is 13.8. The van der Waals surface area contributed by atoms with Crippen molar-refractivity contribution in [2.45, 2.75) is 38.9 Å². The van der Waals surface area contributed by atoms with Crippen LogP contribution in [0.25, 0.3) is 0 Å². The summed E-state index contributed by atoms with van der Waals surface area (Å²) in [6.45, 7) is 5.28. The molecule has 0 fully saturated rings. The van der Waals surface area contributed by atoms with E-state index < -0.39 is 0 Å². The van der Waals surface area contributed by atoms with Crippen molar-refractivity contribution in [2.75, 3.05) is 7.05 Å². The van der Waals surface area contributed by atoms with E-state index in [0.29, 0.717) is 6.04 Å². The van der Waals surface area contributed by atoms with Gasteiger partial charge in [-0.25, -0.2) is 0 Å². The standard InChI is InChI=1S/C15H22N2S2/c1-4-13(16)15(14-8-7-11(2)19-14)17(3)10-12-6-5-9-18-12/h5-9,13,15H,4,10,16H2,1-3H3. The Morgan fingerprint density at radius 1 is 1.32 bits per heavy atom. The number of hydrogen-bond acceptors (Lipinski definition) is 4. The first-order valence-corrected chi connectivity index (χ1v) is 8.36. The van der Waals surface area contributed by atoms with Crippen molar-refractivity contribution >= 4 is 22.7 Å². The van der Waals surface area contributed by atoms with Crippen LogP contribution < -0.4 is 5.73 Å². The molecule has 2 N–H and O–H groups in total. The van der Waals surface area contributed by atoms with Crippen LogP contribution in [0.3, 0.4) is 0 Å². The number of likely N-dealkylation sites (N-methyl/N-ethyl adjacent to an activating group) is 1. The maximum Gasteiger partial charge on any atom is 0.0594 e. The van der Waals surface area contributed by atoms with Crippen LogP contribution in [0.5, 0.6) is 0 Å². The predicted molar refractivity (Wildman–Crippen MR) is 85.8 cm³/mol. The highest BCUT2D eigenvalue weighted by Crippen LogP contribution is 2.31. The number of nitrogens with two attached hydrogens (primary N) is 1. The second kappa shape index (κ2) is 6.66. The van der Waals surface area contributed by atoms with Crippen molar-refractivity contribution in [1.29, 1.82) is 0 Å². The van der Waals surface area contributed by atoms with Crippen molar-refractivity contribution in [1.82, 2.24) is 4.90 Å². The minimum Gasteiger partial charge on any atom is -0.326 e. The minimum atomic E-state index is 0.183. The van der Waals surface area contributed by atoms with Gasteiger partial charge in [-0.2, -0.15) is 0 Å². The number of thiophene rings is 2. The van der Waals surface area contributed by atoms with Gasteiger partial charge in [0.05, 0.1) is 6.04 Å². The van der Waals surface area contributed by atoms with E-state index in [9.17, 15) is 0 Å². The van der Waals surface area contributed by atoms with Crippen LogP contribution in [0.4, 0.5) is 0 Å². The molecule has 0 spiro atoms. The van der Waals surface area contributed by atoms with Gasteiger partial charge in [0.25, 0.3) is 0 Å². The summed E-state index contributed by atoms with van der Waals surface area (Å²) in [5.74, 6) is 0. The Bertz CT molecular complexity index is 490. The Morgan fingerprint density at radius 2 is 2.11 bits per heavy atom. The molecule has 4 heteroatoms. The molecular weight excluding hydrogens is 272 g/mol. The second-order valence-corrected chi connectivity index (χ2v) is 7.31. The summed E-state index contributed by atoms with van der Waals surface area (Å²) in [5.41, 5.74) is 6.36. The summed E-state index contributed by atoms with van der Waals surface area (Å²) >= 11 is 3.67. The average Bonchev–Trinajstić information content (AvgIpc) is 3.01. The first-order valence-electron chi connectivity index (χ1n) is 6.66. The van der Waals surface area contributed by atoms with Crippen molar-refractivity contribution in [3.63, 3.8) is 0 Å². The highest BCUT2D eigenvalue weighted by molar-refractivity contribution is 7.12. The fourth-order valence-electron chi connectivity index (χ4n) is 2.34. The molecule has 0 saturated carbocycles. The number of nitrogens with zero attached hydrogens (tertiary/aromatic N) is 1. The van der Waals surface area contributed by atoms with Crippen LogP contribution in [0, 0.1) is 6.92 Å². The van der Waals surface area contributed by atoms with Crippen LogP contribution in [-0.2, 0) is 6.54 Å². The first-order chi connectivity index (χ1) is 9.11. The van der Waals surface area contributed by atoms with Crippen molar-refractivity contribution in [3.8, 4) is 0 Å². The van der Waals surface area contributed by atoms with Gasteiger partial charge in [0.15, 0.2) is 0 Å². The largest absolute Gasteiger partial charge is 0.326 e. The molecule has 2 aromatic heterocycles. The Labute approximate surface area is 123 Å². The van der Waals surface area contributed by atoms with Crippen LogP contribution in [-0.4, -0.2) is 18.0 Å². The van der Waals surface area contributed by atoms with Gasteiger partial charge in [-0.15, -0.1) is 22.7 Å². The summed E-state index contributed by atoms with van der Waals surface area (Å²) in [4.78, 5) is 6.51. The third-order valence-corrected chi connectivity index (χ3v) is 5.32. The summed E-state index contributed by atoms with van der Waals surface area (Å²) < 4.78 is 0. The monoisotopic (exact) mass is 294 g/mol. The molecule has 2 aromatic rings. The first kappa shape index (κ1) is 14.7. The van der Waals surface area contributed by atoms with Gasteiger partial charge in [0, 0.05) is 27.2 Å². The Morgan fingerprint density at radius 3 is 2.63 bits per heavy atom. The number of hydrogen-bond donors (Lipinski definition) is 1. The summed E-state index contributed by atoms with van der Waals surface area (Å²) in [5, 5.41) is 2.13. The van der Waals surface area contributed by atoms with Crippen molar-refractivity contribution < 1.29 is 0 Å². The maximum absolute atomic E-state index is 6.36. The maximum atomic E-state index is 6.36. The Kier molecular flexibility index (Phi) is 5.16. The van der Waals surface area contributed by atoms with Gasteiger partial charge in [0.2, 0.25) is 0 Å². The lowest BCUT2D eigenvalue weighted by Crippen LogP contribution is -2.37. The van der Waals surface area contributed by atoms with Crippen molar-refractivity contribution in [2.24, 2.45) is 5.73 Å². The summed E-state index contributed by atoms with van der Waals surface area (Å²) in [7, 11) is 2.18. The molecular formula is C15H22N2S2. The highest BCUT2D eigenvalue weighted by Gasteiger charge is 2.24. The smallest absolute Gasteiger partial charge is 0.0594 e. The molecule has 0 aliphatic heterocycles. The van der Waals surface area contributed by atoms with E-state index in [1.165, 1.54) is 14.6 Å². The van der Waals surface area contributed by atoms with Crippen LogP contribution >= 0.6 is 22.7 Å². The third kappa shape index (κ3) is 3.66.